The normalized spacial score (nSPS) is 17.6. The number of sulfonamides is 1. The molecule has 2 aromatic carbocycles. The second-order valence-electron chi connectivity index (χ2n) is 7.94. The highest BCUT2D eigenvalue weighted by molar-refractivity contribution is 7.89. The first-order valence-electron chi connectivity index (χ1n) is 10.1. The highest BCUT2D eigenvalue weighted by Crippen LogP contribution is 2.23. The lowest BCUT2D eigenvalue weighted by molar-refractivity contribution is -0.117. The van der Waals surface area contributed by atoms with E-state index in [1.54, 1.807) is 30.3 Å². The van der Waals surface area contributed by atoms with Crippen molar-refractivity contribution in [3.05, 3.63) is 58.6 Å². The van der Waals surface area contributed by atoms with E-state index in [1.807, 2.05) is 26.0 Å². The first-order valence-corrected chi connectivity index (χ1v) is 11.9. The third-order valence-corrected chi connectivity index (χ3v) is 7.01. The monoisotopic (exact) mass is 449 g/mol. The van der Waals surface area contributed by atoms with Crippen LogP contribution in [0.1, 0.15) is 24.0 Å². The molecule has 1 heterocycles. The molecule has 0 bridgehead atoms. The molecule has 1 amide bonds. The van der Waals surface area contributed by atoms with Crippen LogP contribution in [0.5, 0.6) is 0 Å². The van der Waals surface area contributed by atoms with Gasteiger partial charge < -0.3 is 5.32 Å². The van der Waals surface area contributed by atoms with Gasteiger partial charge in [0.25, 0.3) is 0 Å². The number of nitrogens with zero attached hydrogens (tertiary/aromatic N) is 1. The van der Waals surface area contributed by atoms with Crippen molar-refractivity contribution in [3.63, 3.8) is 0 Å². The summed E-state index contributed by atoms with van der Waals surface area (Å²) in [5, 5.41) is 3.38. The van der Waals surface area contributed by atoms with E-state index in [0.717, 1.165) is 30.5 Å². The molecular formula is C22H28ClN3O3S. The Balaban J connectivity index is 1.51. The molecule has 2 aromatic rings. The molecule has 1 atom stereocenters. The van der Waals surface area contributed by atoms with E-state index in [9.17, 15) is 13.2 Å². The number of piperidine rings is 1. The van der Waals surface area contributed by atoms with Crippen LogP contribution < -0.4 is 10.0 Å². The summed E-state index contributed by atoms with van der Waals surface area (Å²) in [6.07, 6.45) is 1.85. The van der Waals surface area contributed by atoms with Crippen molar-refractivity contribution in [2.75, 3.05) is 31.5 Å². The molecule has 1 aliphatic rings. The van der Waals surface area contributed by atoms with Gasteiger partial charge in [-0.1, -0.05) is 35.4 Å². The minimum atomic E-state index is -3.53. The Hall–Kier alpha value is -1.93. The fourth-order valence-electron chi connectivity index (χ4n) is 3.60. The van der Waals surface area contributed by atoms with Gasteiger partial charge in [0.1, 0.15) is 0 Å². The Morgan fingerprint density at radius 1 is 1.13 bits per heavy atom. The lowest BCUT2D eigenvalue weighted by Crippen LogP contribution is -2.43. The summed E-state index contributed by atoms with van der Waals surface area (Å²) < 4.78 is 27.7. The van der Waals surface area contributed by atoms with E-state index in [4.69, 9.17) is 11.6 Å². The molecule has 6 nitrogen and oxygen atoms in total. The van der Waals surface area contributed by atoms with Gasteiger partial charge in [-0.15, -0.1) is 0 Å². The molecule has 0 radical (unpaired) electrons. The molecular weight excluding hydrogens is 422 g/mol. The number of carbonyl (C=O) groups is 1. The molecule has 1 fully saturated rings. The SMILES string of the molecule is Cc1ccc(S(=O)(=O)NCC2CCCN(CC(=O)Nc3ccc(C)cc3Cl)C2)cc1. The quantitative estimate of drug-likeness (QED) is 0.677. The summed E-state index contributed by atoms with van der Waals surface area (Å²) in [6.45, 7) is 5.97. The van der Waals surface area contributed by atoms with Crippen LogP contribution in [0, 0.1) is 19.8 Å². The third-order valence-electron chi connectivity index (χ3n) is 5.26. The van der Waals surface area contributed by atoms with Gasteiger partial charge in [-0.25, -0.2) is 13.1 Å². The summed E-state index contributed by atoms with van der Waals surface area (Å²) >= 11 is 6.19. The number of halogens is 1. The topological polar surface area (TPSA) is 78.5 Å². The summed E-state index contributed by atoms with van der Waals surface area (Å²) in [5.41, 5.74) is 2.65. The number of benzene rings is 2. The lowest BCUT2D eigenvalue weighted by atomic mass is 9.98. The van der Waals surface area contributed by atoms with Gasteiger partial charge in [0.2, 0.25) is 15.9 Å². The standard InChI is InChI=1S/C22H28ClN3O3S/c1-16-5-8-19(9-6-16)30(28,29)24-13-18-4-3-11-26(14-18)15-22(27)25-21-10-7-17(2)12-20(21)23/h5-10,12,18,24H,3-4,11,13-15H2,1-2H3,(H,25,27). The van der Waals surface area contributed by atoms with Crippen LogP contribution in [0.2, 0.25) is 5.02 Å². The molecule has 0 aliphatic carbocycles. The Labute approximate surface area is 183 Å². The predicted octanol–water partition coefficient (Wildman–Crippen LogP) is 3.59. The molecule has 2 N–H and O–H groups in total. The number of hydrogen-bond donors (Lipinski definition) is 2. The molecule has 0 aromatic heterocycles. The van der Waals surface area contributed by atoms with Crippen LogP contribution in [0.15, 0.2) is 47.4 Å². The number of anilines is 1. The molecule has 0 spiro atoms. The maximum absolute atomic E-state index is 12.5. The van der Waals surface area contributed by atoms with Crippen molar-refractivity contribution < 1.29 is 13.2 Å². The van der Waals surface area contributed by atoms with Gasteiger partial charge in [0.05, 0.1) is 22.2 Å². The largest absolute Gasteiger partial charge is 0.324 e. The van der Waals surface area contributed by atoms with Gasteiger partial charge in [0, 0.05) is 13.1 Å². The summed E-state index contributed by atoms with van der Waals surface area (Å²) in [5.74, 6) is 0.0383. The number of carbonyl (C=O) groups excluding carboxylic acids is 1. The Bertz CT molecular complexity index is 993. The first kappa shape index (κ1) is 22.7. The maximum atomic E-state index is 12.5. The second-order valence-corrected chi connectivity index (χ2v) is 10.1. The van der Waals surface area contributed by atoms with Crippen molar-refractivity contribution in [2.24, 2.45) is 5.92 Å². The second kappa shape index (κ2) is 9.92. The van der Waals surface area contributed by atoms with Crippen molar-refractivity contribution >= 4 is 33.2 Å². The Morgan fingerprint density at radius 2 is 1.83 bits per heavy atom. The number of nitrogens with one attached hydrogen (secondary N) is 2. The van der Waals surface area contributed by atoms with Gasteiger partial charge >= 0.3 is 0 Å². The first-order chi connectivity index (χ1) is 14.2. The van der Waals surface area contributed by atoms with Gasteiger partial charge in [-0.05, 0) is 69.0 Å². The van der Waals surface area contributed by atoms with E-state index in [0.29, 0.717) is 23.8 Å². The van der Waals surface area contributed by atoms with Crippen LogP contribution in [-0.2, 0) is 14.8 Å². The van der Waals surface area contributed by atoms with Crippen molar-refractivity contribution in [1.82, 2.24) is 9.62 Å². The fraction of sp³-hybridized carbons (Fsp3) is 0.409. The summed E-state index contributed by atoms with van der Waals surface area (Å²) in [4.78, 5) is 14.8. The zero-order valence-corrected chi connectivity index (χ0v) is 18.9. The fourth-order valence-corrected chi connectivity index (χ4v) is 5.00. The van der Waals surface area contributed by atoms with E-state index in [2.05, 4.69) is 14.9 Å². The maximum Gasteiger partial charge on any atom is 0.240 e. The van der Waals surface area contributed by atoms with E-state index < -0.39 is 10.0 Å². The minimum Gasteiger partial charge on any atom is -0.324 e. The minimum absolute atomic E-state index is 0.123. The summed E-state index contributed by atoms with van der Waals surface area (Å²) in [7, 11) is -3.53. The lowest BCUT2D eigenvalue weighted by Gasteiger charge is -2.32. The number of aryl methyl sites for hydroxylation is 2. The molecule has 1 aliphatic heterocycles. The predicted molar refractivity (Wildman–Crippen MR) is 120 cm³/mol. The smallest absolute Gasteiger partial charge is 0.240 e. The van der Waals surface area contributed by atoms with E-state index >= 15 is 0 Å². The average molecular weight is 450 g/mol. The Kier molecular flexibility index (Phi) is 7.52. The third kappa shape index (κ3) is 6.28. The van der Waals surface area contributed by atoms with Crippen LogP contribution in [0.4, 0.5) is 5.69 Å². The number of hydrogen-bond acceptors (Lipinski definition) is 4. The van der Waals surface area contributed by atoms with Crippen LogP contribution in [0.25, 0.3) is 0 Å². The zero-order valence-electron chi connectivity index (χ0n) is 17.3. The van der Waals surface area contributed by atoms with Crippen molar-refractivity contribution in [3.8, 4) is 0 Å². The molecule has 8 heteroatoms. The van der Waals surface area contributed by atoms with Crippen molar-refractivity contribution in [2.45, 2.75) is 31.6 Å². The molecule has 162 valence electrons. The summed E-state index contributed by atoms with van der Waals surface area (Å²) in [6, 6.07) is 12.3. The number of likely N-dealkylation sites (tertiary alicyclic amines) is 1. The highest BCUT2D eigenvalue weighted by Gasteiger charge is 2.24. The molecule has 0 saturated carbocycles. The van der Waals surface area contributed by atoms with Gasteiger partial charge in [0.15, 0.2) is 0 Å². The van der Waals surface area contributed by atoms with Crippen LogP contribution >= 0.6 is 11.6 Å². The van der Waals surface area contributed by atoms with Crippen molar-refractivity contribution in [1.29, 1.82) is 0 Å². The molecule has 3 rings (SSSR count). The molecule has 1 unspecified atom stereocenters. The van der Waals surface area contributed by atoms with Gasteiger partial charge in [-0.3, -0.25) is 9.69 Å². The number of rotatable bonds is 7. The van der Waals surface area contributed by atoms with Crippen LogP contribution in [0.3, 0.4) is 0 Å². The highest BCUT2D eigenvalue weighted by atomic mass is 35.5. The number of amides is 1. The molecule has 30 heavy (non-hydrogen) atoms. The van der Waals surface area contributed by atoms with E-state index in [-0.39, 0.29) is 23.3 Å². The van der Waals surface area contributed by atoms with Crippen LogP contribution in [-0.4, -0.2) is 45.4 Å². The average Bonchev–Trinajstić information content (AvgIpc) is 2.69. The Morgan fingerprint density at radius 3 is 2.53 bits per heavy atom. The zero-order chi connectivity index (χ0) is 21.7. The van der Waals surface area contributed by atoms with E-state index in [1.165, 1.54) is 0 Å². The van der Waals surface area contributed by atoms with Gasteiger partial charge in [-0.2, -0.15) is 0 Å². The molecule has 1 saturated heterocycles.